The average molecular weight is 448 g/mol. The van der Waals surface area contributed by atoms with E-state index in [0.717, 1.165) is 17.1 Å². The number of carboxylic acid groups (broad SMARTS) is 1. The van der Waals surface area contributed by atoms with E-state index in [1.807, 2.05) is 35.2 Å². The van der Waals surface area contributed by atoms with E-state index in [9.17, 15) is 9.59 Å². The first kappa shape index (κ1) is 20.9. The third-order valence-corrected chi connectivity index (χ3v) is 6.27. The number of para-hydroxylation sites is 2. The van der Waals surface area contributed by atoms with E-state index < -0.39 is 18.2 Å². The maximum Gasteiger partial charge on any atom is 0.341 e. The van der Waals surface area contributed by atoms with Crippen LogP contribution >= 0.6 is 0 Å². The predicted octanol–water partition coefficient (Wildman–Crippen LogP) is 3.47. The highest BCUT2D eigenvalue weighted by molar-refractivity contribution is 5.95. The highest BCUT2D eigenvalue weighted by atomic mass is 16.5. The first-order chi connectivity index (χ1) is 16.0. The molecule has 1 fully saturated rings. The van der Waals surface area contributed by atoms with Gasteiger partial charge in [0.2, 0.25) is 0 Å². The highest BCUT2D eigenvalue weighted by Gasteiger charge is 2.44. The van der Waals surface area contributed by atoms with E-state index in [1.54, 1.807) is 18.2 Å². The third kappa shape index (κ3) is 3.67. The highest BCUT2D eigenvalue weighted by Crippen LogP contribution is 2.45. The van der Waals surface area contributed by atoms with E-state index >= 15 is 0 Å². The second-order valence-electron chi connectivity index (χ2n) is 8.17. The van der Waals surface area contributed by atoms with Crippen molar-refractivity contribution < 1.29 is 28.9 Å². The van der Waals surface area contributed by atoms with E-state index in [2.05, 4.69) is 16.8 Å². The minimum absolute atomic E-state index is 0.112. The molecule has 3 aromatic rings. The quantitative estimate of drug-likeness (QED) is 0.643. The molecule has 2 aliphatic rings. The fraction of sp³-hybridized carbons (Fsp3) is 0.280. The van der Waals surface area contributed by atoms with Crippen LogP contribution < -0.4 is 14.2 Å². The number of methoxy groups -OCH3 is 1. The number of hydrogen-bond acceptors (Lipinski definition) is 5. The molecule has 0 saturated carbocycles. The zero-order valence-corrected chi connectivity index (χ0v) is 18.2. The molecule has 170 valence electrons. The van der Waals surface area contributed by atoms with Crippen molar-refractivity contribution in [2.75, 3.05) is 26.8 Å². The number of carboxylic acids is 1. The summed E-state index contributed by atoms with van der Waals surface area (Å²) >= 11 is 0. The number of carbonyl (C=O) groups is 2. The van der Waals surface area contributed by atoms with Gasteiger partial charge in [0.1, 0.15) is 5.75 Å². The second-order valence-corrected chi connectivity index (χ2v) is 8.17. The molecule has 1 aromatic heterocycles. The number of rotatable bonds is 5. The second kappa shape index (κ2) is 8.20. The monoisotopic (exact) mass is 448 g/mol. The standard InChI is InChI=1S/C25H24N2O6/c1-31-21-15-17(8-9-20(21)32-16-23(28)29)24(30)26-13-10-25(11-14-26)22-7-4-12-27(22)18-5-2-3-6-19(18)33-25/h2-9,12,15H,10-11,13-14,16H2,1H3,(H,28,29). The lowest BCUT2D eigenvalue weighted by Gasteiger charge is -2.45. The first-order valence-electron chi connectivity index (χ1n) is 10.8. The Morgan fingerprint density at radius 1 is 1.06 bits per heavy atom. The first-order valence-corrected chi connectivity index (χ1v) is 10.8. The molecule has 3 heterocycles. The molecular formula is C25H24N2O6. The van der Waals surface area contributed by atoms with Gasteiger partial charge in [-0.15, -0.1) is 0 Å². The van der Waals surface area contributed by atoms with Gasteiger partial charge < -0.3 is 28.8 Å². The van der Waals surface area contributed by atoms with Gasteiger partial charge in [-0.3, -0.25) is 4.79 Å². The molecular weight excluding hydrogens is 424 g/mol. The number of hydrogen-bond donors (Lipinski definition) is 1. The number of aromatic nitrogens is 1. The van der Waals surface area contributed by atoms with Crippen LogP contribution in [0.2, 0.25) is 0 Å². The van der Waals surface area contributed by atoms with Gasteiger partial charge in [-0.05, 0) is 42.5 Å². The third-order valence-electron chi connectivity index (χ3n) is 6.27. The zero-order chi connectivity index (χ0) is 23.0. The molecule has 0 atom stereocenters. The minimum Gasteiger partial charge on any atom is -0.493 e. The Hall–Kier alpha value is -3.94. The van der Waals surface area contributed by atoms with Crippen LogP contribution in [0.3, 0.4) is 0 Å². The van der Waals surface area contributed by atoms with Gasteiger partial charge >= 0.3 is 5.97 Å². The summed E-state index contributed by atoms with van der Waals surface area (Å²) in [5, 5.41) is 8.82. The summed E-state index contributed by atoms with van der Waals surface area (Å²) in [4.78, 5) is 25.8. The van der Waals surface area contributed by atoms with Crippen LogP contribution in [0, 0.1) is 0 Å². The summed E-state index contributed by atoms with van der Waals surface area (Å²) in [5.74, 6) is 0.255. The van der Waals surface area contributed by atoms with Crippen molar-refractivity contribution in [3.05, 3.63) is 72.1 Å². The molecule has 8 nitrogen and oxygen atoms in total. The maximum atomic E-state index is 13.2. The van der Waals surface area contributed by atoms with Crippen LogP contribution in [-0.2, 0) is 10.4 Å². The number of carbonyl (C=O) groups excluding carboxylic acids is 1. The fourth-order valence-corrected chi connectivity index (χ4v) is 4.64. The Bertz CT molecular complexity index is 1210. The van der Waals surface area contributed by atoms with Gasteiger partial charge in [-0.2, -0.15) is 0 Å². The molecule has 33 heavy (non-hydrogen) atoms. The molecule has 1 saturated heterocycles. The van der Waals surface area contributed by atoms with Crippen LogP contribution in [0.15, 0.2) is 60.8 Å². The van der Waals surface area contributed by atoms with Crippen molar-refractivity contribution in [1.82, 2.24) is 9.47 Å². The molecule has 0 radical (unpaired) electrons. The van der Waals surface area contributed by atoms with Crippen molar-refractivity contribution in [2.24, 2.45) is 0 Å². The lowest BCUT2D eigenvalue weighted by molar-refractivity contribution is -0.139. The van der Waals surface area contributed by atoms with Gasteiger partial charge in [-0.25, -0.2) is 4.79 Å². The SMILES string of the molecule is COc1cc(C(=O)N2CCC3(CC2)Oc2ccccc2-n2cccc23)ccc1OCC(=O)O. The maximum absolute atomic E-state index is 13.2. The van der Waals surface area contributed by atoms with E-state index in [-0.39, 0.29) is 11.7 Å². The summed E-state index contributed by atoms with van der Waals surface area (Å²) in [6.45, 7) is 0.611. The minimum atomic E-state index is -1.09. The van der Waals surface area contributed by atoms with Crippen LogP contribution in [-0.4, -0.2) is 53.3 Å². The lowest BCUT2D eigenvalue weighted by atomic mass is 9.86. The summed E-state index contributed by atoms with van der Waals surface area (Å²) in [6, 6.07) is 16.9. The number of likely N-dealkylation sites (tertiary alicyclic amines) is 1. The largest absolute Gasteiger partial charge is 0.493 e. The van der Waals surface area contributed by atoms with Crippen LogP contribution in [0.5, 0.6) is 17.2 Å². The average Bonchev–Trinajstić information content (AvgIpc) is 3.34. The molecule has 0 unspecified atom stereocenters. The van der Waals surface area contributed by atoms with Gasteiger partial charge in [0.25, 0.3) is 5.91 Å². The zero-order valence-electron chi connectivity index (χ0n) is 18.2. The Morgan fingerprint density at radius 3 is 2.61 bits per heavy atom. The van der Waals surface area contributed by atoms with Crippen molar-refractivity contribution in [3.63, 3.8) is 0 Å². The number of aliphatic carboxylic acids is 1. The molecule has 5 rings (SSSR count). The number of ether oxygens (including phenoxy) is 3. The lowest BCUT2D eigenvalue weighted by Crippen LogP contribution is -2.50. The van der Waals surface area contributed by atoms with Gasteiger partial charge in [0.05, 0.1) is 18.5 Å². The Balaban J connectivity index is 1.33. The molecule has 2 aromatic carbocycles. The molecule has 2 aliphatic heterocycles. The molecule has 1 amide bonds. The number of piperidine rings is 1. The van der Waals surface area contributed by atoms with E-state index in [0.29, 0.717) is 37.2 Å². The molecule has 0 aliphatic carbocycles. The molecule has 1 spiro atoms. The summed E-state index contributed by atoms with van der Waals surface area (Å²) in [7, 11) is 1.45. The Labute approximate surface area is 190 Å². The van der Waals surface area contributed by atoms with Crippen molar-refractivity contribution in [3.8, 4) is 22.9 Å². The molecule has 0 bridgehead atoms. The van der Waals surface area contributed by atoms with Gasteiger partial charge in [-0.1, -0.05) is 12.1 Å². The van der Waals surface area contributed by atoms with Gasteiger partial charge in [0.15, 0.2) is 23.7 Å². The number of amides is 1. The number of benzene rings is 2. The fourth-order valence-electron chi connectivity index (χ4n) is 4.64. The molecule has 1 N–H and O–H groups in total. The normalized spacial score (nSPS) is 15.8. The smallest absolute Gasteiger partial charge is 0.341 e. The topological polar surface area (TPSA) is 90.2 Å². The summed E-state index contributed by atoms with van der Waals surface area (Å²) in [5.41, 5.74) is 2.12. The summed E-state index contributed by atoms with van der Waals surface area (Å²) in [6.07, 6.45) is 3.40. The predicted molar refractivity (Wildman–Crippen MR) is 119 cm³/mol. The van der Waals surface area contributed by atoms with Crippen LogP contribution in [0.4, 0.5) is 0 Å². The Kier molecular flexibility index (Phi) is 5.20. The van der Waals surface area contributed by atoms with Gasteiger partial charge in [0, 0.05) is 37.7 Å². The Morgan fingerprint density at radius 2 is 1.85 bits per heavy atom. The van der Waals surface area contributed by atoms with Crippen molar-refractivity contribution in [2.45, 2.75) is 18.4 Å². The van der Waals surface area contributed by atoms with Crippen molar-refractivity contribution in [1.29, 1.82) is 0 Å². The number of fused-ring (bicyclic) bond motifs is 4. The van der Waals surface area contributed by atoms with Crippen LogP contribution in [0.1, 0.15) is 28.9 Å². The van der Waals surface area contributed by atoms with E-state index in [4.69, 9.17) is 19.3 Å². The van der Waals surface area contributed by atoms with Crippen molar-refractivity contribution >= 4 is 11.9 Å². The number of nitrogens with zero attached hydrogens (tertiary/aromatic N) is 2. The summed E-state index contributed by atoms with van der Waals surface area (Å²) < 4.78 is 19.2. The van der Waals surface area contributed by atoms with Crippen LogP contribution in [0.25, 0.3) is 5.69 Å². The molecule has 8 heteroatoms. The van der Waals surface area contributed by atoms with E-state index in [1.165, 1.54) is 7.11 Å².